The molecule has 0 fully saturated rings. The van der Waals surface area contributed by atoms with Crippen LogP contribution < -0.4 is 14.8 Å². The van der Waals surface area contributed by atoms with E-state index in [-0.39, 0.29) is 5.91 Å². The van der Waals surface area contributed by atoms with Gasteiger partial charge in [-0.05, 0) is 31.5 Å². The third kappa shape index (κ3) is 3.37. The highest BCUT2D eigenvalue weighted by molar-refractivity contribution is 5.80. The summed E-state index contributed by atoms with van der Waals surface area (Å²) < 4.78 is 10.7. The van der Waals surface area contributed by atoms with E-state index in [1.807, 2.05) is 0 Å². The number of aliphatic hydroxyl groups is 1. The number of amides is 1. The summed E-state index contributed by atoms with van der Waals surface area (Å²) in [6.07, 6.45) is -1.19. The largest absolute Gasteiger partial charge is 0.493 e. The van der Waals surface area contributed by atoms with E-state index in [9.17, 15) is 9.90 Å². The predicted octanol–water partition coefficient (Wildman–Crippen LogP) is 1.26. The van der Waals surface area contributed by atoms with Gasteiger partial charge in [-0.15, -0.1) is 0 Å². The van der Waals surface area contributed by atoms with Gasteiger partial charge in [-0.3, -0.25) is 4.79 Å². The Bertz CT molecular complexity index is 417. The molecule has 5 heteroatoms. The first-order chi connectivity index (χ1) is 8.49. The fraction of sp³-hybridized carbons (Fsp3) is 0.462. The molecule has 0 spiro atoms. The summed E-state index contributed by atoms with van der Waals surface area (Å²) in [5, 5.41) is 12.0. The van der Waals surface area contributed by atoms with Crippen LogP contribution in [0.5, 0.6) is 11.5 Å². The summed E-state index contributed by atoms with van der Waals surface area (Å²) in [6, 6.07) is 5.11. The van der Waals surface area contributed by atoms with Crippen molar-refractivity contribution in [2.75, 3.05) is 14.2 Å². The van der Waals surface area contributed by atoms with E-state index in [1.54, 1.807) is 39.1 Å². The van der Waals surface area contributed by atoms with Crippen molar-refractivity contribution < 1.29 is 19.4 Å². The highest BCUT2D eigenvalue weighted by atomic mass is 16.5. The fourth-order valence-electron chi connectivity index (χ4n) is 1.49. The second-order valence-electron chi connectivity index (χ2n) is 3.96. The van der Waals surface area contributed by atoms with Crippen molar-refractivity contribution in [3.05, 3.63) is 23.8 Å². The Morgan fingerprint density at radius 3 is 2.50 bits per heavy atom. The number of ether oxygens (including phenoxy) is 2. The van der Waals surface area contributed by atoms with E-state index in [0.717, 1.165) is 5.56 Å². The Kier molecular flexibility index (Phi) is 4.97. The molecular formula is C13H19NO4. The average molecular weight is 253 g/mol. The van der Waals surface area contributed by atoms with Crippen molar-refractivity contribution in [3.63, 3.8) is 0 Å². The van der Waals surface area contributed by atoms with E-state index in [4.69, 9.17) is 9.47 Å². The molecule has 0 saturated carbocycles. The molecule has 1 aromatic carbocycles. The summed E-state index contributed by atoms with van der Waals surface area (Å²) in [5.41, 5.74) is 0.729. The highest BCUT2D eigenvalue weighted by Crippen LogP contribution is 2.30. The number of carbonyl (C=O) groups is 1. The second kappa shape index (κ2) is 6.26. The zero-order valence-corrected chi connectivity index (χ0v) is 11.1. The van der Waals surface area contributed by atoms with Crippen LogP contribution in [-0.4, -0.2) is 31.3 Å². The van der Waals surface area contributed by atoms with Gasteiger partial charge in [-0.25, -0.2) is 0 Å². The van der Waals surface area contributed by atoms with Gasteiger partial charge in [0.1, 0.15) is 0 Å². The zero-order valence-electron chi connectivity index (χ0n) is 11.1. The van der Waals surface area contributed by atoms with Crippen LogP contribution in [0.1, 0.15) is 25.5 Å². The molecule has 2 N–H and O–H groups in total. The molecule has 100 valence electrons. The summed E-state index contributed by atoms with van der Waals surface area (Å²) in [4.78, 5) is 11.4. The number of rotatable bonds is 5. The molecular weight excluding hydrogens is 234 g/mol. The topological polar surface area (TPSA) is 67.8 Å². The Balaban J connectivity index is 2.92. The molecule has 5 nitrogen and oxygen atoms in total. The first-order valence-electron chi connectivity index (χ1n) is 5.73. The number of hydrogen-bond donors (Lipinski definition) is 2. The molecule has 0 bridgehead atoms. The predicted molar refractivity (Wildman–Crippen MR) is 67.8 cm³/mol. The smallest absolute Gasteiger partial charge is 0.260 e. The van der Waals surface area contributed by atoms with Crippen LogP contribution in [0.3, 0.4) is 0 Å². The lowest BCUT2D eigenvalue weighted by molar-refractivity contribution is -0.126. The van der Waals surface area contributed by atoms with E-state index in [0.29, 0.717) is 11.5 Å². The molecule has 1 aromatic rings. The SMILES string of the molecule is CNC(=O)C(C)Oc1ccc(C(C)O)cc1OC. The lowest BCUT2D eigenvalue weighted by atomic mass is 10.1. The maximum absolute atomic E-state index is 11.4. The molecule has 0 aromatic heterocycles. The Hall–Kier alpha value is -1.75. The van der Waals surface area contributed by atoms with Crippen molar-refractivity contribution in [1.82, 2.24) is 5.32 Å². The van der Waals surface area contributed by atoms with Crippen molar-refractivity contribution >= 4 is 5.91 Å². The van der Waals surface area contributed by atoms with Gasteiger partial charge in [0.25, 0.3) is 5.91 Å². The van der Waals surface area contributed by atoms with Gasteiger partial charge in [-0.1, -0.05) is 6.07 Å². The lowest BCUT2D eigenvalue weighted by Crippen LogP contribution is -2.33. The summed E-state index contributed by atoms with van der Waals surface area (Å²) in [5.74, 6) is 0.749. The zero-order chi connectivity index (χ0) is 13.7. The third-order valence-electron chi connectivity index (χ3n) is 2.59. The molecule has 2 atom stereocenters. The summed E-state index contributed by atoms with van der Waals surface area (Å²) >= 11 is 0. The molecule has 1 rings (SSSR count). The third-order valence-corrected chi connectivity index (χ3v) is 2.59. The van der Waals surface area contributed by atoms with Gasteiger partial charge in [0, 0.05) is 7.05 Å². The second-order valence-corrected chi connectivity index (χ2v) is 3.96. The molecule has 1 amide bonds. The highest BCUT2D eigenvalue weighted by Gasteiger charge is 2.16. The van der Waals surface area contributed by atoms with Crippen molar-refractivity contribution in [2.45, 2.75) is 26.1 Å². The van der Waals surface area contributed by atoms with Crippen LogP contribution in [0.4, 0.5) is 0 Å². The maximum atomic E-state index is 11.4. The van der Waals surface area contributed by atoms with Crippen molar-refractivity contribution in [3.8, 4) is 11.5 Å². The quantitative estimate of drug-likeness (QED) is 0.829. The standard InChI is InChI=1S/C13H19NO4/c1-8(15)10-5-6-11(12(7-10)17-4)18-9(2)13(16)14-3/h5-9,15H,1-4H3,(H,14,16). The van der Waals surface area contributed by atoms with Crippen molar-refractivity contribution in [1.29, 1.82) is 0 Å². The molecule has 18 heavy (non-hydrogen) atoms. The molecule has 0 radical (unpaired) electrons. The van der Waals surface area contributed by atoms with E-state index in [2.05, 4.69) is 5.32 Å². The van der Waals surface area contributed by atoms with E-state index in [1.165, 1.54) is 7.11 Å². The molecule has 0 aliphatic rings. The first-order valence-corrected chi connectivity index (χ1v) is 5.73. The Morgan fingerprint density at radius 2 is 2.00 bits per heavy atom. The molecule has 0 aliphatic heterocycles. The fourth-order valence-corrected chi connectivity index (χ4v) is 1.49. The van der Waals surface area contributed by atoms with Gasteiger partial charge in [-0.2, -0.15) is 0 Å². The Morgan fingerprint density at radius 1 is 1.33 bits per heavy atom. The van der Waals surface area contributed by atoms with Gasteiger partial charge in [0.2, 0.25) is 0 Å². The minimum Gasteiger partial charge on any atom is -0.493 e. The average Bonchev–Trinajstić information content (AvgIpc) is 2.37. The van der Waals surface area contributed by atoms with Gasteiger partial charge in [0.15, 0.2) is 17.6 Å². The lowest BCUT2D eigenvalue weighted by Gasteiger charge is -2.17. The maximum Gasteiger partial charge on any atom is 0.260 e. The van der Waals surface area contributed by atoms with Crippen LogP contribution in [0.15, 0.2) is 18.2 Å². The number of carbonyl (C=O) groups excluding carboxylic acids is 1. The minimum absolute atomic E-state index is 0.211. The normalized spacial score (nSPS) is 13.6. The van der Waals surface area contributed by atoms with E-state index >= 15 is 0 Å². The van der Waals surface area contributed by atoms with Crippen LogP contribution in [0.2, 0.25) is 0 Å². The van der Waals surface area contributed by atoms with Gasteiger partial charge >= 0.3 is 0 Å². The number of nitrogens with one attached hydrogen (secondary N) is 1. The molecule has 0 heterocycles. The monoisotopic (exact) mass is 253 g/mol. The molecule has 0 saturated heterocycles. The first kappa shape index (κ1) is 14.3. The Labute approximate surface area is 107 Å². The van der Waals surface area contributed by atoms with E-state index < -0.39 is 12.2 Å². The summed E-state index contributed by atoms with van der Waals surface area (Å²) in [6.45, 7) is 3.32. The number of methoxy groups -OCH3 is 1. The van der Waals surface area contributed by atoms with Crippen LogP contribution in [0.25, 0.3) is 0 Å². The number of likely N-dealkylation sites (N-methyl/N-ethyl adjacent to an activating group) is 1. The molecule has 2 unspecified atom stereocenters. The molecule has 0 aliphatic carbocycles. The van der Waals surface area contributed by atoms with Crippen molar-refractivity contribution in [2.24, 2.45) is 0 Å². The van der Waals surface area contributed by atoms with Crippen LogP contribution in [-0.2, 0) is 4.79 Å². The van der Waals surface area contributed by atoms with Gasteiger partial charge in [0.05, 0.1) is 13.2 Å². The minimum atomic E-state index is -0.610. The van der Waals surface area contributed by atoms with Gasteiger partial charge < -0.3 is 19.9 Å². The van der Waals surface area contributed by atoms with Crippen LogP contribution >= 0.6 is 0 Å². The number of aliphatic hydroxyl groups excluding tert-OH is 1. The van der Waals surface area contributed by atoms with Crippen LogP contribution in [0, 0.1) is 0 Å². The number of hydrogen-bond acceptors (Lipinski definition) is 4. The number of benzene rings is 1. The summed E-state index contributed by atoms with van der Waals surface area (Å²) in [7, 11) is 3.06.